The Morgan fingerprint density at radius 1 is 0.912 bits per heavy atom. The first kappa shape index (κ1) is 23.3. The van der Waals surface area contributed by atoms with Crippen LogP contribution in [0.3, 0.4) is 0 Å². The van der Waals surface area contributed by atoms with E-state index in [0.717, 1.165) is 46.5 Å². The Bertz CT molecular complexity index is 1160. The van der Waals surface area contributed by atoms with Crippen molar-refractivity contribution >= 4 is 12.1 Å². The molecule has 0 saturated heterocycles. The van der Waals surface area contributed by atoms with Crippen LogP contribution in [-0.2, 0) is 15.7 Å². The molecule has 1 amide bonds. The van der Waals surface area contributed by atoms with Gasteiger partial charge >= 0.3 is 18.2 Å². The number of nitrogens with one attached hydrogen (secondary N) is 1. The second-order valence-electron chi connectivity index (χ2n) is 7.85. The Morgan fingerprint density at radius 3 is 1.94 bits per heavy atom. The second-order valence-corrected chi connectivity index (χ2v) is 7.85. The monoisotopic (exact) mass is 471 g/mol. The largest absolute Gasteiger partial charge is 0.479 e. The molecular weight excluding hydrogens is 451 g/mol. The third-order valence-electron chi connectivity index (χ3n) is 5.78. The molecule has 0 bridgehead atoms. The van der Waals surface area contributed by atoms with Crippen molar-refractivity contribution in [2.24, 2.45) is 0 Å². The minimum atomic E-state index is -4.58. The van der Waals surface area contributed by atoms with Crippen molar-refractivity contribution in [3.63, 3.8) is 0 Å². The first-order chi connectivity index (χ1) is 16.2. The number of alkyl carbamates (subject to hydrolysis) is 1. The van der Waals surface area contributed by atoms with Gasteiger partial charge < -0.3 is 20.3 Å². The van der Waals surface area contributed by atoms with E-state index >= 15 is 0 Å². The number of carboxylic acid groups (broad SMARTS) is 1. The topological polar surface area (TPSA) is 95.9 Å². The lowest BCUT2D eigenvalue weighted by atomic mass is 9.98. The zero-order valence-electron chi connectivity index (χ0n) is 17.6. The number of benzene rings is 3. The number of amides is 1. The maximum atomic E-state index is 12.8. The number of carboxylic acids is 1. The van der Waals surface area contributed by atoms with Crippen molar-refractivity contribution < 1.29 is 37.7 Å². The molecule has 0 aromatic heterocycles. The molecule has 3 N–H and O–H groups in total. The molecule has 0 aliphatic heterocycles. The molecule has 1 aliphatic carbocycles. The highest BCUT2D eigenvalue weighted by Crippen LogP contribution is 2.44. The molecule has 4 rings (SSSR count). The quantitative estimate of drug-likeness (QED) is 0.483. The van der Waals surface area contributed by atoms with Gasteiger partial charge in [0.05, 0.1) is 11.6 Å². The standard InChI is InChI=1S/C25H20F3NO5/c26-25(27,28)15-11-9-14(10-12-15)21(22(30)23(31)32)29-24(33)34-13-20-18-7-3-1-5-16(18)17-6-2-4-8-19(17)20/h1-12,20-22,30H,13H2,(H,29,33)(H,31,32). The van der Waals surface area contributed by atoms with E-state index in [4.69, 9.17) is 4.74 Å². The third-order valence-corrected chi connectivity index (χ3v) is 5.78. The molecule has 0 spiro atoms. The van der Waals surface area contributed by atoms with E-state index in [0.29, 0.717) is 0 Å². The van der Waals surface area contributed by atoms with E-state index in [-0.39, 0.29) is 18.1 Å². The van der Waals surface area contributed by atoms with Crippen molar-refractivity contribution in [3.05, 3.63) is 95.1 Å². The van der Waals surface area contributed by atoms with Gasteiger partial charge in [-0.1, -0.05) is 60.7 Å². The van der Waals surface area contributed by atoms with Crippen LogP contribution in [0.1, 0.15) is 34.2 Å². The Hall–Kier alpha value is -3.85. The van der Waals surface area contributed by atoms with Crippen molar-refractivity contribution in [2.45, 2.75) is 24.2 Å². The number of carbonyl (C=O) groups is 2. The predicted molar refractivity (Wildman–Crippen MR) is 116 cm³/mol. The number of ether oxygens (including phenoxy) is 1. The molecule has 0 fully saturated rings. The molecule has 2 unspecified atom stereocenters. The lowest BCUT2D eigenvalue weighted by Crippen LogP contribution is -2.40. The molecule has 9 heteroatoms. The summed E-state index contributed by atoms with van der Waals surface area (Å²) >= 11 is 0. The van der Waals surface area contributed by atoms with Crippen molar-refractivity contribution in [3.8, 4) is 11.1 Å². The molecule has 3 aromatic rings. The zero-order valence-corrected chi connectivity index (χ0v) is 17.6. The summed E-state index contributed by atoms with van der Waals surface area (Å²) in [6.07, 6.45) is -7.69. The van der Waals surface area contributed by atoms with Crippen LogP contribution in [0.2, 0.25) is 0 Å². The maximum Gasteiger partial charge on any atom is 0.416 e. The van der Waals surface area contributed by atoms with Crippen LogP contribution >= 0.6 is 0 Å². The minimum absolute atomic E-state index is 0.0172. The highest BCUT2D eigenvalue weighted by atomic mass is 19.4. The van der Waals surface area contributed by atoms with Gasteiger partial charge in [-0.15, -0.1) is 0 Å². The molecule has 6 nitrogen and oxygen atoms in total. The number of hydrogen-bond acceptors (Lipinski definition) is 4. The van der Waals surface area contributed by atoms with Gasteiger partial charge in [0, 0.05) is 5.92 Å². The van der Waals surface area contributed by atoms with Gasteiger partial charge in [-0.2, -0.15) is 13.2 Å². The molecule has 0 saturated carbocycles. The molecule has 2 atom stereocenters. The average molecular weight is 471 g/mol. The molecule has 176 valence electrons. The number of carbonyl (C=O) groups excluding carboxylic acids is 1. The third kappa shape index (κ3) is 4.60. The van der Waals surface area contributed by atoms with E-state index in [1.807, 2.05) is 48.5 Å². The van der Waals surface area contributed by atoms with Gasteiger partial charge in [0.1, 0.15) is 6.61 Å². The second kappa shape index (κ2) is 9.18. The molecule has 3 aromatic carbocycles. The van der Waals surface area contributed by atoms with Crippen LogP contribution in [0, 0.1) is 0 Å². The number of halogens is 3. The lowest BCUT2D eigenvalue weighted by molar-refractivity contribution is -0.148. The number of alkyl halides is 3. The van der Waals surface area contributed by atoms with E-state index in [2.05, 4.69) is 5.32 Å². The summed E-state index contributed by atoms with van der Waals surface area (Å²) in [6.45, 7) is -0.0528. The highest BCUT2D eigenvalue weighted by molar-refractivity contribution is 5.79. The molecule has 0 radical (unpaired) electrons. The zero-order chi connectivity index (χ0) is 24.5. The Labute approximate surface area is 192 Å². The first-order valence-corrected chi connectivity index (χ1v) is 10.4. The minimum Gasteiger partial charge on any atom is -0.479 e. The van der Waals surface area contributed by atoms with E-state index in [1.165, 1.54) is 0 Å². The number of aliphatic hydroxyl groups is 1. The summed E-state index contributed by atoms with van der Waals surface area (Å²) in [4.78, 5) is 23.9. The fourth-order valence-corrected chi connectivity index (χ4v) is 4.13. The summed E-state index contributed by atoms with van der Waals surface area (Å²) < 4.78 is 43.9. The summed E-state index contributed by atoms with van der Waals surface area (Å²) in [6, 6.07) is 17.4. The van der Waals surface area contributed by atoms with Crippen LogP contribution in [0.25, 0.3) is 11.1 Å². The van der Waals surface area contributed by atoms with Crippen LogP contribution in [-0.4, -0.2) is 35.0 Å². The van der Waals surface area contributed by atoms with Crippen LogP contribution in [0.5, 0.6) is 0 Å². The normalized spacial score (nSPS) is 14.6. The van der Waals surface area contributed by atoms with Gasteiger partial charge in [-0.3, -0.25) is 0 Å². The fraction of sp³-hybridized carbons (Fsp3) is 0.200. The van der Waals surface area contributed by atoms with Gasteiger partial charge in [0.2, 0.25) is 0 Å². The summed E-state index contributed by atoms with van der Waals surface area (Å²) in [7, 11) is 0. The number of rotatable bonds is 6. The van der Waals surface area contributed by atoms with Crippen molar-refractivity contribution in [2.75, 3.05) is 6.61 Å². The average Bonchev–Trinajstić information content (AvgIpc) is 3.14. The Balaban J connectivity index is 1.50. The molecule has 0 heterocycles. The lowest BCUT2D eigenvalue weighted by Gasteiger charge is -2.23. The van der Waals surface area contributed by atoms with E-state index < -0.39 is 35.9 Å². The summed E-state index contributed by atoms with van der Waals surface area (Å²) in [5, 5.41) is 21.5. The van der Waals surface area contributed by atoms with Crippen LogP contribution < -0.4 is 5.32 Å². The van der Waals surface area contributed by atoms with Gasteiger partial charge in [-0.25, -0.2) is 9.59 Å². The highest BCUT2D eigenvalue weighted by Gasteiger charge is 2.34. The molecule has 1 aliphatic rings. The Morgan fingerprint density at radius 2 is 1.44 bits per heavy atom. The van der Waals surface area contributed by atoms with Gasteiger partial charge in [-0.05, 0) is 39.9 Å². The van der Waals surface area contributed by atoms with Crippen LogP contribution in [0.15, 0.2) is 72.8 Å². The maximum absolute atomic E-state index is 12.8. The molecular formula is C25H20F3NO5. The van der Waals surface area contributed by atoms with Gasteiger partial charge in [0.25, 0.3) is 0 Å². The van der Waals surface area contributed by atoms with Crippen LogP contribution in [0.4, 0.5) is 18.0 Å². The predicted octanol–water partition coefficient (Wildman–Crippen LogP) is 4.73. The fourth-order valence-electron chi connectivity index (χ4n) is 4.13. The molecule has 34 heavy (non-hydrogen) atoms. The van der Waals surface area contributed by atoms with Crippen molar-refractivity contribution in [1.29, 1.82) is 0 Å². The number of aliphatic carboxylic acids is 1. The number of hydrogen-bond donors (Lipinski definition) is 3. The Kier molecular flexibility index (Phi) is 6.30. The first-order valence-electron chi connectivity index (χ1n) is 10.4. The van der Waals surface area contributed by atoms with Gasteiger partial charge in [0.15, 0.2) is 6.10 Å². The summed E-state index contributed by atoms with van der Waals surface area (Å²) in [5.74, 6) is -1.89. The number of fused-ring (bicyclic) bond motifs is 3. The van der Waals surface area contributed by atoms with Crippen molar-refractivity contribution in [1.82, 2.24) is 5.32 Å². The summed E-state index contributed by atoms with van der Waals surface area (Å²) in [5.41, 5.74) is 3.03. The smallest absolute Gasteiger partial charge is 0.416 e. The van der Waals surface area contributed by atoms with E-state index in [1.54, 1.807) is 0 Å². The van der Waals surface area contributed by atoms with E-state index in [9.17, 15) is 33.0 Å². The number of aliphatic hydroxyl groups excluding tert-OH is 1. The SMILES string of the molecule is O=C(NC(c1ccc(C(F)(F)F)cc1)C(O)C(=O)O)OCC1c2ccccc2-c2ccccc21.